The molecule has 4 aromatic carbocycles. The Hall–Kier alpha value is -3.85. The van der Waals surface area contributed by atoms with Crippen LogP contribution in [0.1, 0.15) is 15.9 Å². The van der Waals surface area contributed by atoms with Crippen LogP contribution in [0.2, 0.25) is 0 Å². The standard InChI is InChI=1S/C26H20O3/c1-19(20-10-4-2-5-11-20)29-26-17-23-15-9-8-14-22(23)16-25(26)28-18-24(27)21-12-6-3-7-13-21/h2-17H,1,18H2. The zero-order valence-corrected chi connectivity index (χ0v) is 15.9. The minimum absolute atomic E-state index is 0.0729. The first-order valence-electron chi connectivity index (χ1n) is 9.37. The van der Waals surface area contributed by atoms with Crippen LogP contribution in [0.5, 0.6) is 11.5 Å². The molecule has 0 radical (unpaired) electrons. The zero-order valence-electron chi connectivity index (χ0n) is 15.9. The molecule has 0 fully saturated rings. The van der Waals surface area contributed by atoms with Crippen LogP contribution in [-0.2, 0) is 0 Å². The molecule has 0 saturated carbocycles. The third kappa shape index (κ3) is 4.36. The van der Waals surface area contributed by atoms with Crippen molar-refractivity contribution in [2.45, 2.75) is 0 Å². The summed E-state index contributed by atoms with van der Waals surface area (Å²) in [6.07, 6.45) is 0. The SMILES string of the molecule is C=C(Oc1cc2ccccc2cc1OCC(=O)c1ccccc1)c1ccccc1. The molecule has 3 heteroatoms. The van der Waals surface area contributed by atoms with Crippen LogP contribution in [0.25, 0.3) is 16.5 Å². The van der Waals surface area contributed by atoms with E-state index in [-0.39, 0.29) is 12.4 Å². The van der Waals surface area contributed by atoms with Crippen LogP contribution >= 0.6 is 0 Å². The van der Waals surface area contributed by atoms with Crippen molar-refractivity contribution < 1.29 is 14.3 Å². The number of Topliss-reactive ketones (excluding diaryl/α,β-unsaturated/α-hetero) is 1. The quantitative estimate of drug-likeness (QED) is 0.285. The molecule has 0 spiro atoms. The van der Waals surface area contributed by atoms with Crippen molar-refractivity contribution in [3.05, 3.63) is 115 Å². The number of rotatable bonds is 7. The average molecular weight is 380 g/mol. The van der Waals surface area contributed by atoms with E-state index in [2.05, 4.69) is 6.58 Å². The van der Waals surface area contributed by atoms with Crippen molar-refractivity contribution in [1.29, 1.82) is 0 Å². The maximum absolute atomic E-state index is 12.5. The number of hydrogen-bond donors (Lipinski definition) is 0. The van der Waals surface area contributed by atoms with Gasteiger partial charge >= 0.3 is 0 Å². The molecule has 0 atom stereocenters. The van der Waals surface area contributed by atoms with Gasteiger partial charge in [-0.3, -0.25) is 4.79 Å². The largest absolute Gasteiger partial charge is 0.482 e. The summed E-state index contributed by atoms with van der Waals surface area (Å²) < 4.78 is 11.9. The first-order valence-corrected chi connectivity index (χ1v) is 9.37. The van der Waals surface area contributed by atoms with Crippen LogP contribution in [-0.4, -0.2) is 12.4 Å². The van der Waals surface area contributed by atoms with Crippen molar-refractivity contribution in [3.63, 3.8) is 0 Å². The highest BCUT2D eigenvalue weighted by atomic mass is 16.5. The molecule has 142 valence electrons. The third-order valence-corrected chi connectivity index (χ3v) is 4.60. The van der Waals surface area contributed by atoms with Crippen molar-refractivity contribution in [2.75, 3.05) is 6.61 Å². The maximum atomic E-state index is 12.5. The third-order valence-electron chi connectivity index (χ3n) is 4.60. The summed E-state index contributed by atoms with van der Waals surface area (Å²) in [5, 5.41) is 2.03. The van der Waals surface area contributed by atoms with Crippen LogP contribution in [0.15, 0.2) is 104 Å². The van der Waals surface area contributed by atoms with Gasteiger partial charge in [-0.15, -0.1) is 0 Å². The highest BCUT2D eigenvalue weighted by Gasteiger charge is 2.13. The Kier molecular flexibility index (Phi) is 5.39. The summed E-state index contributed by atoms with van der Waals surface area (Å²) in [6.45, 7) is 3.97. The van der Waals surface area contributed by atoms with Crippen molar-refractivity contribution in [2.24, 2.45) is 0 Å². The van der Waals surface area contributed by atoms with Gasteiger partial charge in [0.1, 0.15) is 5.76 Å². The Bertz CT molecular complexity index is 1150. The van der Waals surface area contributed by atoms with E-state index < -0.39 is 0 Å². The van der Waals surface area contributed by atoms with Gasteiger partial charge in [0.25, 0.3) is 0 Å². The number of fused-ring (bicyclic) bond motifs is 1. The molecule has 0 heterocycles. The highest BCUT2D eigenvalue weighted by molar-refractivity contribution is 5.97. The minimum atomic E-state index is -0.0911. The molecule has 4 aromatic rings. The Labute approximate surface area is 169 Å². The van der Waals surface area contributed by atoms with E-state index >= 15 is 0 Å². The van der Waals surface area contributed by atoms with Crippen LogP contribution in [0.3, 0.4) is 0 Å². The zero-order chi connectivity index (χ0) is 20.1. The van der Waals surface area contributed by atoms with Gasteiger partial charge in [-0.1, -0.05) is 91.5 Å². The second kappa shape index (κ2) is 8.44. The molecule has 0 bridgehead atoms. The van der Waals surface area contributed by atoms with E-state index in [1.165, 1.54) is 0 Å². The number of hydrogen-bond acceptors (Lipinski definition) is 3. The minimum Gasteiger partial charge on any atom is -0.482 e. The molecular weight excluding hydrogens is 360 g/mol. The molecule has 4 rings (SSSR count). The van der Waals surface area contributed by atoms with Crippen LogP contribution in [0.4, 0.5) is 0 Å². The summed E-state index contributed by atoms with van der Waals surface area (Å²) in [4.78, 5) is 12.5. The van der Waals surface area contributed by atoms with Gasteiger partial charge in [0, 0.05) is 11.1 Å². The number of ketones is 1. The second-order valence-corrected chi connectivity index (χ2v) is 6.62. The van der Waals surface area contributed by atoms with Gasteiger partial charge in [0.05, 0.1) is 0 Å². The Morgan fingerprint density at radius 3 is 1.83 bits per heavy atom. The number of ether oxygens (including phenoxy) is 2. The normalized spacial score (nSPS) is 10.5. The van der Waals surface area contributed by atoms with E-state index in [9.17, 15) is 4.79 Å². The molecule has 0 aromatic heterocycles. The first-order chi connectivity index (χ1) is 14.2. The lowest BCUT2D eigenvalue weighted by Crippen LogP contribution is -2.12. The average Bonchev–Trinajstić information content (AvgIpc) is 2.78. The lowest BCUT2D eigenvalue weighted by molar-refractivity contribution is 0.0920. The molecule has 0 N–H and O–H groups in total. The highest BCUT2D eigenvalue weighted by Crippen LogP contribution is 2.35. The lowest BCUT2D eigenvalue weighted by atomic mass is 10.1. The van der Waals surface area contributed by atoms with E-state index in [0.717, 1.165) is 16.3 Å². The second-order valence-electron chi connectivity index (χ2n) is 6.62. The van der Waals surface area contributed by atoms with E-state index in [4.69, 9.17) is 9.47 Å². The van der Waals surface area contributed by atoms with E-state index in [1.807, 2.05) is 84.9 Å². The predicted octanol–water partition coefficient (Wildman–Crippen LogP) is 6.15. The van der Waals surface area contributed by atoms with Crippen molar-refractivity contribution in [1.82, 2.24) is 0 Å². The molecule has 29 heavy (non-hydrogen) atoms. The molecular formula is C26H20O3. The number of carbonyl (C=O) groups is 1. The number of benzene rings is 4. The molecule has 3 nitrogen and oxygen atoms in total. The Morgan fingerprint density at radius 1 is 0.690 bits per heavy atom. The predicted molar refractivity (Wildman–Crippen MR) is 116 cm³/mol. The van der Waals surface area contributed by atoms with E-state index in [1.54, 1.807) is 12.1 Å². The first kappa shape index (κ1) is 18.5. The summed E-state index contributed by atoms with van der Waals surface area (Å²) in [6, 6.07) is 30.5. The van der Waals surface area contributed by atoms with Gasteiger partial charge < -0.3 is 9.47 Å². The monoisotopic (exact) mass is 380 g/mol. The van der Waals surface area contributed by atoms with Gasteiger partial charge in [-0.05, 0) is 22.9 Å². The fraction of sp³-hybridized carbons (Fsp3) is 0.0385. The fourth-order valence-electron chi connectivity index (χ4n) is 3.06. The van der Waals surface area contributed by atoms with Crippen molar-refractivity contribution in [3.8, 4) is 11.5 Å². The van der Waals surface area contributed by atoms with Gasteiger partial charge in [-0.25, -0.2) is 0 Å². The lowest BCUT2D eigenvalue weighted by Gasteiger charge is -2.15. The number of carbonyl (C=O) groups excluding carboxylic acids is 1. The Morgan fingerprint density at radius 2 is 1.21 bits per heavy atom. The van der Waals surface area contributed by atoms with Gasteiger partial charge in [0.15, 0.2) is 23.9 Å². The molecule has 0 unspecified atom stereocenters. The summed E-state index contributed by atoms with van der Waals surface area (Å²) >= 11 is 0. The molecule has 0 aliphatic heterocycles. The van der Waals surface area contributed by atoms with E-state index in [0.29, 0.717) is 22.8 Å². The maximum Gasteiger partial charge on any atom is 0.200 e. The van der Waals surface area contributed by atoms with Gasteiger partial charge in [-0.2, -0.15) is 0 Å². The van der Waals surface area contributed by atoms with Crippen LogP contribution in [0, 0.1) is 0 Å². The smallest absolute Gasteiger partial charge is 0.200 e. The Balaban J connectivity index is 1.61. The molecule has 0 amide bonds. The summed E-state index contributed by atoms with van der Waals surface area (Å²) in [7, 11) is 0. The van der Waals surface area contributed by atoms with Crippen LogP contribution < -0.4 is 9.47 Å². The fourth-order valence-corrected chi connectivity index (χ4v) is 3.06. The van der Waals surface area contributed by atoms with Gasteiger partial charge in [0.2, 0.25) is 0 Å². The van der Waals surface area contributed by atoms with Crippen molar-refractivity contribution >= 4 is 22.3 Å². The molecule has 0 aliphatic carbocycles. The summed E-state index contributed by atoms with van der Waals surface area (Å²) in [5.74, 6) is 1.45. The molecule has 0 aliphatic rings. The molecule has 0 saturated heterocycles. The summed E-state index contributed by atoms with van der Waals surface area (Å²) in [5.41, 5.74) is 1.50. The topological polar surface area (TPSA) is 35.5 Å².